The summed E-state index contributed by atoms with van der Waals surface area (Å²) in [6.07, 6.45) is 0.520. The van der Waals surface area contributed by atoms with Gasteiger partial charge in [-0.05, 0) is 53.1 Å². The summed E-state index contributed by atoms with van der Waals surface area (Å²) in [7, 11) is 1.71. The summed E-state index contributed by atoms with van der Waals surface area (Å²) < 4.78 is 10.3. The molecule has 0 heterocycles. The summed E-state index contributed by atoms with van der Waals surface area (Å²) in [6, 6.07) is 0.0973. The molecule has 1 amide bonds. The number of amides is 1. The Morgan fingerprint density at radius 3 is 2.42 bits per heavy atom. The lowest BCUT2D eigenvalue weighted by Gasteiger charge is -2.22. The highest BCUT2D eigenvalue weighted by atomic mass is 16.6. The molecule has 0 saturated carbocycles. The summed E-state index contributed by atoms with van der Waals surface area (Å²) in [5, 5.41) is 6.17. The highest BCUT2D eigenvalue weighted by Gasteiger charge is 2.17. The highest BCUT2D eigenvalue weighted by Crippen LogP contribution is 2.07. The predicted octanol–water partition coefficient (Wildman–Crippen LogP) is 2.16. The molecule has 114 valence electrons. The molecule has 0 saturated heterocycles. The Balaban J connectivity index is 3.64. The van der Waals surface area contributed by atoms with Crippen molar-refractivity contribution in [3.05, 3.63) is 0 Å². The Morgan fingerprint density at radius 1 is 1.26 bits per heavy atom. The number of methoxy groups -OCH3 is 1. The minimum atomic E-state index is -0.447. The second kappa shape index (κ2) is 9.15. The number of alkyl carbamates (subject to hydrolysis) is 1. The van der Waals surface area contributed by atoms with Crippen LogP contribution in [0.1, 0.15) is 41.0 Å². The van der Waals surface area contributed by atoms with E-state index in [0.717, 1.165) is 26.1 Å². The van der Waals surface area contributed by atoms with Crippen LogP contribution < -0.4 is 10.6 Å². The van der Waals surface area contributed by atoms with Crippen molar-refractivity contribution < 1.29 is 14.3 Å². The van der Waals surface area contributed by atoms with Gasteiger partial charge in [-0.3, -0.25) is 0 Å². The minimum absolute atomic E-state index is 0.0973. The summed E-state index contributed by atoms with van der Waals surface area (Å²) in [4.78, 5) is 11.5. The van der Waals surface area contributed by atoms with Gasteiger partial charge in [-0.2, -0.15) is 0 Å². The topological polar surface area (TPSA) is 59.6 Å². The number of carbonyl (C=O) groups is 1. The zero-order valence-corrected chi connectivity index (χ0v) is 13.2. The van der Waals surface area contributed by atoms with Gasteiger partial charge in [0.1, 0.15) is 5.60 Å². The van der Waals surface area contributed by atoms with Gasteiger partial charge in [0.05, 0.1) is 0 Å². The van der Waals surface area contributed by atoms with E-state index in [1.807, 2.05) is 27.7 Å². The molecule has 2 N–H and O–H groups in total. The Labute approximate surface area is 117 Å². The summed E-state index contributed by atoms with van der Waals surface area (Å²) >= 11 is 0. The quantitative estimate of drug-likeness (QED) is 0.666. The second-order valence-electron chi connectivity index (χ2n) is 6.10. The van der Waals surface area contributed by atoms with Gasteiger partial charge in [-0.15, -0.1) is 0 Å². The molecule has 0 bridgehead atoms. The van der Waals surface area contributed by atoms with Crippen molar-refractivity contribution in [3.63, 3.8) is 0 Å². The lowest BCUT2D eigenvalue weighted by atomic mass is 10.2. The van der Waals surface area contributed by atoms with E-state index in [0.29, 0.717) is 5.92 Å². The van der Waals surface area contributed by atoms with Crippen molar-refractivity contribution >= 4 is 6.09 Å². The van der Waals surface area contributed by atoms with Crippen LogP contribution in [0.4, 0.5) is 4.79 Å². The molecular weight excluding hydrogens is 244 g/mol. The Kier molecular flexibility index (Phi) is 8.76. The molecule has 0 spiro atoms. The molecular formula is C14H30N2O3. The fraction of sp³-hybridized carbons (Fsp3) is 0.929. The van der Waals surface area contributed by atoms with Crippen molar-refractivity contribution in [3.8, 4) is 0 Å². The fourth-order valence-corrected chi connectivity index (χ4v) is 1.59. The smallest absolute Gasteiger partial charge is 0.407 e. The maximum Gasteiger partial charge on any atom is 0.407 e. The van der Waals surface area contributed by atoms with Crippen LogP contribution in [0, 0.1) is 5.92 Å². The van der Waals surface area contributed by atoms with E-state index in [1.54, 1.807) is 7.11 Å². The SMILES string of the molecule is COCC(C)CNCCC(C)NC(=O)OC(C)(C)C. The first-order valence-corrected chi connectivity index (χ1v) is 6.93. The van der Waals surface area contributed by atoms with Crippen LogP contribution in [-0.4, -0.2) is 44.5 Å². The zero-order chi connectivity index (χ0) is 14.9. The fourth-order valence-electron chi connectivity index (χ4n) is 1.59. The third-order valence-electron chi connectivity index (χ3n) is 2.46. The van der Waals surface area contributed by atoms with E-state index >= 15 is 0 Å². The maximum absolute atomic E-state index is 11.5. The number of carbonyl (C=O) groups excluding carboxylic acids is 1. The van der Waals surface area contributed by atoms with Gasteiger partial charge in [0.15, 0.2) is 0 Å². The largest absolute Gasteiger partial charge is 0.444 e. The number of ether oxygens (including phenoxy) is 2. The molecule has 0 aliphatic carbocycles. The molecule has 0 aromatic heterocycles. The van der Waals surface area contributed by atoms with E-state index in [4.69, 9.17) is 9.47 Å². The molecule has 0 radical (unpaired) electrons. The molecule has 0 fully saturated rings. The van der Waals surface area contributed by atoms with Crippen LogP contribution in [0.2, 0.25) is 0 Å². The first-order valence-electron chi connectivity index (χ1n) is 6.93. The molecule has 0 aliphatic rings. The standard InChI is InChI=1S/C14H30N2O3/c1-11(10-18-6)9-15-8-7-12(2)16-13(17)19-14(3,4)5/h11-12,15H,7-10H2,1-6H3,(H,16,17). The third kappa shape index (κ3) is 12.0. The van der Waals surface area contributed by atoms with E-state index in [2.05, 4.69) is 17.6 Å². The van der Waals surface area contributed by atoms with Crippen LogP contribution in [0.3, 0.4) is 0 Å². The van der Waals surface area contributed by atoms with Gasteiger partial charge in [0.25, 0.3) is 0 Å². The Morgan fingerprint density at radius 2 is 1.89 bits per heavy atom. The monoisotopic (exact) mass is 274 g/mol. The lowest BCUT2D eigenvalue weighted by molar-refractivity contribution is 0.0506. The maximum atomic E-state index is 11.5. The molecule has 0 rings (SSSR count). The molecule has 2 atom stereocenters. The van der Waals surface area contributed by atoms with Crippen LogP contribution >= 0.6 is 0 Å². The number of nitrogens with one attached hydrogen (secondary N) is 2. The predicted molar refractivity (Wildman–Crippen MR) is 77.4 cm³/mol. The molecule has 5 nitrogen and oxygen atoms in total. The van der Waals surface area contributed by atoms with Gasteiger partial charge >= 0.3 is 6.09 Å². The van der Waals surface area contributed by atoms with E-state index < -0.39 is 5.60 Å². The van der Waals surface area contributed by atoms with E-state index in [-0.39, 0.29) is 12.1 Å². The minimum Gasteiger partial charge on any atom is -0.444 e. The zero-order valence-electron chi connectivity index (χ0n) is 13.2. The van der Waals surface area contributed by atoms with Gasteiger partial charge in [0, 0.05) is 19.8 Å². The molecule has 0 aliphatic heterocycles. The van der Waals surface area contributed by atoms with Crippen molar-refractivity contribution in [1.29, 1.82) is 0 Å². The molecule has 0 aromatic carbocycles. The molecule has 19 heavy (non-hydrogen) atoms. The van der Waals surface area contributed by atoms with Gasteiger partial charge in [-0.1, -0.05) is 6.92 Å². The van der Waals surface area contributed by atoms with E-state index in [1.165, 1.54) is 0 Å². The van der Waals surface area contributed by atoms with Gasteiger partial charge in [-0.25, -0.2) is 4.79 Å². The average molecular weight is 274 g/mol. The average Bonchev–Trinajstić information content (AvgIpc) is 2.21. The summed E-state index contributed by atoms with van der Waals surface area (Å²) in [6.45, 7) is 12.2. The molecule has 0 aromatic rings. The first-order chi connectivity index (χ1) is 8.74. The normalized spacial score (nSPS) is 14.8. The molecule has 2 unspecified atom stereocenters. The van der Waals surface area contributed by atoms with Crippen molar-refractivity contribution in [2.75, 3.05) is 26.8 Å². The Bertz CT molecular complexity index is 252. The van der Waals surface area contributed by atoms with Crippen LogP contribution in [0.5, 0.6) is 0 Å². The highest BCUT2D eigenvalue weighted by molar-refractivity contribution is 5.67. The Hall–Kier alpha value is -0.810. The van der Waals surface area contributed by atoms with Crippen molar-refractivity contribution in [2.24, 2.45) is 5.92 Å². The summed E-state index contributed by atoms with van der Waals surface area (Å²) in [5.41, 5.74) is -0.447. The van der Waals surface area contributed by atoms with Crippen LogP contribution in [0.15, 0.2) is 0 Å². The molecule has 5 heteroatoms. The number of hydrogen-bond donors (Lipinski definition) is 2. The van der Waals surface area contributed by atoms with E-state index in [9.17, 15) is 4.79 Å². The van der Waals surface area contributed by atoms with Crippen molar-refractivity contribution in [2.45, 2.75) is 52.7 Å². The first kappa shape index (κ1) is 18.2. The van der Waals surface area contributed by atoms with Crippen LogP contribution in [-0.2, 0) is 9.47 Å². The third-order valence-corrected chi connectivity index (χ3v) is 2.46. The van der Waals surface area contributed by atoms with Gasteiger partial charge < -0.3 is 20.1 Å². The number of rotatable bonds is 8. The summed E-state index contributed by atoms with van der Waals surface area (Å²) in [5.74, 6) is 0.499. The lowest BCUT2D eigenvalue weighted by Crippen LogP contribution is -2.39. The van der Waals surface area contributed by atoms with Gasteiger partial charge in [0.2, 0.25) is 0 Å². The number of hydrogen-bond acceptors (Lipinski definition) is 4. The van der Waals surface area contributed by atoms with Crippen LogP contribution in [0.25, 0.3) is 0 Å². The second-order valence-corrected chi connectivity index (χ2v) is 6.10. The van der Waals surface area contributed by atoms with Crippen molar-refractivity contribution in [1.82, 2.24) is 10.6 Å².